The number of para-hydroxylation sites is 1. The molecule has 0 aliphatic heterocycles. The predicted molar refractivity (Wildman–Crippen MR) is 78.5 cm³/mol. The quantitative estimate of drug-likeness (QED) is 0.767. The van der Waals surface area contributed by atoms with E-state index in [2.05, 4.69) is 5.32 Å². The van der Waals surface area contributed by atoms with E-state index in [0.29, 0.717) is 16.5 Å². The van der Waals surface area contributed by atoms with Crippen LogP contribution in [0, 0.1) is 0 Å². The van der Waals surface area contributed by atoms with Crippen LogP contribution in [0.3, 0.4) is 0 Å². The highest BCUT2D eigenvalue weighted by Crippen LogP contribution is 2.13. The van der Waals surface area contributed by atoms with Crippen LogP contribution in [-0.4, -0.2) is 17.6 Å². The molecule has 6 nitrogen and oxygen atoms in total. The van der Waals surface area contributed by atoms with Crippen LogP contribution < -0.4 is 10.7 Å². The third-order valence-corrected chi connectivity index (χ3v) is 3.24. The van der Waals surface area contributed by atoms with E-state index in [1.54, 1.807) is 30.3 Å². The third kappa shape index (κ3) is 2.77. The summed E-state index contributed by atoms with van der Waals surface area (Å²) in [5.41, 5.74) is 0.609. The number of carbonyl (C=O) groups excluding carboxylic acids is 1. The normalized spacial score (nSPS) is 12.2. The second-order valence-electron chi connectivity index (χ2n) is 4.75. The van der Waals surface area contributed by atoms with E-state index in [0.717, 1.165) is 6.07 Å². The van der Waals surface area contributed by atoms with Crippen LogP contribution in [0.2, 0.25) is 0 Å². The minimum atomic E-state index is -0.894. The number of hydrogen-bond acceptors (Lipinski definition) is 5. The lowest BCUT2D eigenvalue weighted by molar-refractivity contribution is 0.0889. The van der Waals surface area contributed by atoms with Gasteiger partial charge in [0.15, 0.2) is 11.2 Å². The van der Waals surface area contributed by atoms with E-state index in [1.807, 2.05) is 0 Å². The molecule has 1 aromatic carbocycles. The first-order valence-electron chi connectivity index (χ1n) is 6.66. The number of nitrogens with one attached hydrogen (secondary N) is 1. The van der Waals surface area contributed by atoms with Crippen LogP contribution >= 0.6 is 0 Å². The number of carbonyl (C=O) groups is 1. The van der Waals surface area contributed by atoms with Gasteiger partial charge in [0.2, 0.25) is 0 Å². The Morgan fingerprint density at radius 2 is 2.09 bits per heavy atom. The van der Waals surface area contributed by atoms with E-state index < -0.39 is 12.0 Å². The fourth-order valence-corrected chi connectivity index (χ4v) is 2.07. The molecule has 0 radical (unpaired) electrons. The number of aliphatic hydroxyl groups excluding tert-OH is 1. The molecule has 3 rings (SSSR count). The van der Waals surface area contributed by atoms with Gasteiger partial charge >= 0.3 is 0 Å². The van der Waals surface area contributed by atoms with Crippen LogP contribution in [0.25, 0.3) is 11.0 Å². The molecule has 0 aliphatic rings. The first-order valence-corrected chi connectivity index (χ1v) is 6.66. The van der Waals surface area contributed by atoms with Crippen molar-refractivity contribution in [1.29, 1.82) is 0 Å². The van der Waals surface area contributed by atoms with Gasteiger partial charge in [-0.2, -0.15) is 0 Å². The summed E-state index contributed by atoms with van der Waals surface area (Å²) in [6.45, 7) is -0.0189. The third-order valence-electron chi connectivity index (χ3n) is 3.24. The SMILES string of the molecule is O=C(NCC(O)c1ccoc1)c1cc(=O)c2ccccc2o1. The van der Waals surface area contributed by atoms with Crippen molar-refractivity contribution in [2.75, 3.05) is 6.54 Å². The zero-order chi connectivity index (χ0) is 15.5. The number of fused-ring (bicyclic) bond motifs is 1. The standard InChI is InChI=1S/C16H13NO5/c18-12-7-15(22-14-4-2-1-3-11(12)14)16(20)17-8-13(19)10-5-6-21-9-10/h1-7,9,13,19H,8H2,(H,17,20). The van der Waals surface area contributed by atoms with E-state index in [1.165, 1.54) is 12.5 Å². The van der Waals surface area contributed by atoms with Crippen molar-refractivity contribution in [2.24, 2.45) is 0 Å². The highest BCUT2D eigenvalue weighted by molar-refractivity contribution is 5.93. The summed E-state index contributed by atoms with van der Waals surface area (Å²) in [7, 11) is 0. The molecule has 6 heteroatoms. The molecule has 2 heterocycles. The zero-order valence-electron chi connectivity index (χ0n) is 11.5. The number of rotatable bonds is 4. The van der Waals surface area contributed by atoms with Gasteiger partial charge in [0, 0.05) is 18.2 Å². The summed E-state index contributed by atoms with van der Waals surface area (Å²) in [6.07, 6.45) is 1.94. The van der Waals surface area contributed by atoms with Gasteiger partial charge in [0.05, 0.1) is 24.0 Å². The maximum absolute atomic E-state index is 12.0. The lowest BCUT2D eigenvalue weighted by atomic mass is 10.2. The highest BCUT2D eigenvalue weighted by atomic mass is 16.3. The summed E-state index contributed by atoms with van der Waals surface area (Å²) >= 11 is 0. The van der Waals surface area contributed by atoms with Gasteiger partial charge in [-0.05, 0) is 18.2 Å². The van der Waals surface area contributed by atoms with Crippen molar-refractivity contribution < 1.29 is 18.7 Å². The molecule has 2 aromatic heterocycles. The van der Waals surface area contributed by atoms with E-state index in [9.17, 15) is 14.7 Å². The summed E-state index contributed by atoms with van der Waals surface area (Å²) in [4.78, 5) is 24.0. The van der Waals surface area contributed by atoms with E-state index >= 15 is 0 Å². The Morgan fingerprint density at radius 3 is 2.86 bits per heavy atom. The molecule has 2 N–H and O–H groups in total. The maximum Gasteiger partial charge on any atom is 0.287 e. The average molecular weight is 299 g/mol. The molecule has 112 valence electrons. The van der Waals surface area contributed by atoms with Crippen molar-refractivity contribution in [3.05, 3.63) is 70.5 Å². The molecule has 0 saturated carbocycles. The first-order chi connectivity index (χ1) is 10.6. The molecule has 0 fully saturated rings. The van der Waals surface area contributed by atoms with E-state index in [-0.39, 0.29) is 17.7 Å². The molecular weight excluding hydrogens is 286 g/mol. The van der Waals surface area contributed by atoms with Crippen molar-refractivity contribution in [3.63, 3.8) is 0 Å². The zero-order valence-corrected chi connectivity index (χ0v) is 11.5. The Kier molecular flexibility index (Phi) is 3.76. The Hall–Kier alpha value is -2.86. The first kappa shape index (κ1) is 14.1. The molecule has 1 unspecified atom stereocenters. The molecule has 1 atom stereocenters. The smallest absolute Gasteiger partial charge is 0.287 e. The van der Waals surface area contributed by atoms with Crippen LogP contribution in [0.4, 0.5) is 0 Å². The summed E-state index contributed by atoms with van der Waals surface area (Å²) in [5, 5.41) is 12.8. The van der Waals surface area contributed by atoms with Crippen molar-refractivity contribution in [2.45, 2.75) is 6.10 Å². The Morgan fingerprint density at radius 1 is 1.27 bits per heavy atom. The number of aliphatic hydroxyl groups is 1. The molecular formula is C16H13NO5. The fourth-order valence-electron chi connectivity index (χ4n) is 2.07. The predicted octanol–water partition coefficient (Wildman–Crippen LogP) is 1.85. The highest BCUT2D eigenvalue weighted by Gasteiger charge is 2.15. The second kappa shape index (κ2) is 5.87. The van der Waals surface area contributed by atoms with Crippen molar-refractivity contribution in [1.82, 2.24) is 5.32 Å². The summed E-state index contributed by atoms with van der Waals surface area (Å²) in [5.74, 6) is -0.659. The molecule has 0 spiro atoms. The van der Waals surface area contributed by atoms with Gasteiger partial charge in [0.25, 0.3) is 5.91 Å². The monoisotopic (exact) mass is 299 g/mol. The minimum absolute atomic E-state index is 0.0189. The van der Waals surface area contributed by atoms with Gasteiger partial charge in [-0.1, -0.05) is 12.1 Å². The largest absolute Gasteiger partial charge is 0.472 e. The Labute approximate surface area is 125 Å². The lowest BCUT2D eigenvalue weighted by Crippen LogP contribution is -2.28. The average Bonchev–Trinajstić information content (AvgIpc) is 3.06. The molecule has 3 aromatic rings. The number of amides is 1. The number of hydrogen-bond donors (Lipinski definition) is 2. The van der Waals surface area contributed by atoms with Gasteiger partial charge in [-0.15, -0.1) is 0 Å². The van der Waals surface area contributed by atoms with Crippen molar-refractivity contribution in [3.8, 4) is 0 Å². The Bertz CT molecular complexity index is 850. The van der Waals surface area contributed by atoms with Gasteiger partial charge in [-0.3, -0.25) is 9.59 Å². The molecule has 0 saturated heterocycles. The van der Waals surface area contributed by atoms with Crippen LogP contribution in [0.1, 0.15) is 22.2 Å². The van der Waals surface area contributed by atoms with E-state index in [4.69, 9.17) is 8.83 Å². The summed E-state index contributed by atoms with van der Waals surface area (Å²) < 4.78 is 10.3. The van der Waals surface area contributed by atoms with Crippen LogP contribution in [0.15, 0.2) is 62.6 Å². The van der Waals surface area contributed by atoms with Crippen molar-refractivity contribution >= 4 is 16.9 Å². The molecule has 1 amide bonds. The molecule has 22 heavy (non-hydrogen) atoms. The maximum atomic E-state index is 12.0. The second-order valence-corrected chi connectivity index (χ2v) is 4.75. The van der Waals surface area contributed by atoms with Gasteiger partial charge in [-0.25, -0.2) is 0 Å². The Balaban J connectivity index is 1.76. The molecule has 0 bridgehead atoms. The fraction of sp³-hybridized carbons (Fsp3) is 0.125. The minimum Gasteiger partial charge on any atom is -0.472 e. The number of furan rings is 1. The number of benzene rings is 1. The van der Waals surface area contributed by atoms with Crippen LogP contribution in [0.5, 0.6) is 0 Å². The van der Waals surface area contributed by atoms with Crippen LogP contribution in [-0.2, 0) is 0 Å². The summed E-state index contributed by atoms with van der Waals surface area (Å²) in [6, 6.07) is 9.43. The van der Waals surface area contributed by atoms with Gasteiger partial charge in [0.1, 0.15) is 5.58 Å². The molecule has 0 aliphatic carbocycles. The lowest BCUT2D eigenvalue weighted by Gasteiger charge is -2.09. The van der Waals surface area contributed by atoms with Gasteiger partial charge < -0.3 is 19.3 Å². The topological polar surface area (TPSA) is 92.7 Å².